The van der Waals surface area contributed by atoms with Crippen LogP contribution in [0.15, 0.2) is 59.7 Å². The van der Waals surface area contributed by atoms with Crippen LogP contribution in [0.25, 0.3) is 33.4 Å². The Morgan fingerprint density at radius 2 is 1.71 bits per heavy atom. The second-order valence-corrected chi connectivity index (χ2v) is 8.07. The Labute approximate surface area is 199 Å². The number of aromatic nitrogens is 4. The van der Waals surface area contributed by atoms with E-state index < -0.39 is 0 Å². The summed E-state index contributed by atoms with van der Waals surface area (Å²) in [5.41, 5.74) is 4.19. The maximum Gasteiger partial charge on any atom is 0.266 e. The van der Waals surface area contributed by atoms with Crippen molar-refractivity contribution < 1.29 is 14.2 Å². The maximum atomic E-state index is 13.5. The molecule has 34 heavy (non-hydrogen) atoms. The highest BCUT2D eigenvalue weighted by Crippen LogP contribution is 2.39. The monoisotopic (exact) mass is 476 g/mol. The van der Waals surface area contributed by atoms with Gasteiger partial charge in [0.15, 0.2) is 17.1 Å². The summed E-state index contributed by atoms with van der Waals surface area (Å²) in [6.07, 6.45) is 3.28. The molecule has 0 radical (unpaired) electrons. The van der Waals surface area contributed by atoms with Crippen molar-refractivity contribution in [2.24, 2.45) is 0 Å². The average molecular weight is 477 g/mol. The molecule has 0 spiro atoms. The van der Waals surface area contributed by atoms with E-state index in [2.05, 4.69) is 10.1 Å². The highest BCUT2D eigenvalue weighted by Gasteiger charge is 2.19. The molecule has 5 aromatic rings. The van der Waals surface area contributed by atoms with Crippen molar-refractivity contribution in [2.45, 2.75) is 6.92 Å². The first-order valence-electron chi connectivity index (χ1n) is 10.4. The fraction of sp³-hybridized carbons (Fsp3) is 0.160. The van der Waals surface area contributed by atoms with Gasteiger partial charge in [-0.1, -0.05) is 23.7 Å². The third-order valence-electron chi connectivity index (χ3n) is 5.73. The molecule has 0 unspecified atom stereocenters. The predicted octanol–water partition coefficient (Wildman–Crippen LogP) is 4.69. The Morgan fingerprint density at radius 1 is 0.971 bits per heavy atom. The lowest BCUT2D eigenvalue weighted by Crippen LogP contribution is -2.19. The smallest absolute Gasteiger partial charge is 0.266 e. The highest BCUT2D eigenvalue weighted by atomic mass is 35.5. The molecule has 9 heteroatoms. The minimum atomic E-state index is -0.251. The van der Waals surface area contributed by atoms with E-state index in [0.29, 0.717) is 44.5 Å². The SMILES string of the molecule is COc1cc(-n2ccc3c(cnc4c(-c5cccc(Cl)c5)c(C)nn43)c2=O)cc(OC)c1OC. The predicted molar refractivity (Wildman–Crippen MR) is 131 cm³/mol. The first-order chi connectivity index (χ1) is 16.5. The van der Waals surface area contributed by atoms with Crippen molar-refractivity contribution in [3.05, 3.63) is 75.9 Å². The first kappa shape index (κ1) is 21.8. The van der Waals surface area contributed by atoms with E-state index in [1.165, 1.54) is 25.9 Å². The Hall–Kier alpha value is -4.04. The van der Waals surface area contributed by atoms with Gasteiger partial charge in [-0.25, -0.2) is 9.50 Å². The molecule has 0 atom stereocenters. The molecule has 0 amide bonds. The Morgan fingerprint density at radius 3 is 2.35 bits per heavy atom. The molecule has 2 aromatic carbocycles. The minimum absolute atomic E-state index is 0.251. The van der Waals surface area contributed by atoms with Crippen molar-refractivity contribution in [3.63, 3.8) is 0 Å². The quantitative estimate of drug-likeness (QED) is 0.366. The summed E-state index contributed by atoms with van der Waals surface area (Å²) in [6, 6.07) is 12.8. The van der Waals surface area contributed by atoms with E-state index in [9.17, 15) is 4.79 Å². The van der Waals surface area contributed by atoms with Gasteiger partial charge in [-0.15, -0.1) is 0 Å². The molecule has 0 fully saturated rings. The Kier molecular flexibility index (Phi) is 5.37. The Bertz CT molecular complexity index is 1600. The number of nitrogens with zero attached hydrogens (tertiary/aromatic N) is 4. The maximum absolute atomic E-state index is 13.5. The number of hydrogen-bond donors (Lipinski definition) is 0. The van der Waals surface area contributed by atoms with Gasteiger partial charge in [0.05, 0.1) is 43.6 Å². The summed E-state index contributed by atoms with van der Waals surface area (Å²) in [7, 11) is 4.59. The summed E-state index contributed by atoms with van der Waals surface area (Å²) in [5, 5.41) is 5.72. The van der Waals surface area contributed by atoms with Crippen LogP contribution in [-0.2, 0) is 0 Å². The lowest BCUT2D eigenvalue weighted by Gasteiger charge is -2.15. The van der Waals surface area contributed by atoms with Gasteiger partial charge in [-0.3, -0.25) is 9.36 Å². The molecule has 0 saturated carbocycles. The molecule has 3 aromatic heterocycles. The van der Waals surface area contributed by atoms with E-state index in [1.54, 1.807) is 29.0 Å². The van der Waals surface area contributed by atoms with Gasteiger partial charge in [0.1, 0.15) is 0 Å². The molecule has 172 valence electrons. The van der Waals surface area contributed by atoms with E-state index in [0.717, 1.165) is 16.8 Å². The molecule has 0 saturated heterocycles. The molecule has 0 aliphatic carbocycles. The van der Waals surface area contributed by atoms with Crippen molar-refractivity contribution in [1.29, 1.82) is 0 Å². The summed E-state index contributed by atoms with van der Waals surface area (Å²) < 4.78 is 19.5. The van der Waals surface area contributed by atoms with E-state index in [4.69, 9.17) is 25.8 Å². The van der Waals surface area contributed by atoms with E-state index in [-0.39, 0.29) is 5.56 Å². The fourth-order valence-electron chi connectivity index (χ4n) is 4.17. The molecular formula is C25H21ClN4O4. The van der Waals surface area contributed by atoms with Crippen LogP contribution in [0.3, 0.4) is 0 Å². The molecule has 0 bridgehead atoms. The molecule has 0 aliphatic heterocycles. The van der Waals surface area contributed by atoms with Crippen LogP contribution in [0, 0.1) is 6.92 Å². The summed E-state index contributed by atoms with van der Waals surface area (Å²) in [4.78, 5) is 18.1. The number of benzene rings is 2. The van der Waals surface area contributed by atoms with Crippen molar-refractivity contribution in [1.82, 2.24) is 19.2 Å². The number of fused-ring (bicyclic) bond motifs is 3. The van der Waals surface area contributed by atoms with Crippen LogP contribution in [0.1, 0.15) is 5.69 Å². The molecule has 5 rings (SSSR count). The van der Waals surface area contributed by atoms with Gasteiger partial charge in [-0.05, 0) is 30.7 Å². The number of methoxy groups -OCH3 is 3. The molecule has 8 nitrogen and oxygen atoms in total. The zero-order valence-corrected chi connectivity index (χ0v) is 19.8. The molecule has 0 N–H and O–H groups in total. The summed E-state index contributed by atoms with van der Waals surface area (Å²) >= 11 is 6.20. The topological polar surface area (TPSA) is 79.9 Å². The number of hydrogen-bond acceptors (Lipinski definition) is 6. The van der Waals surface area contributed by atoms with Crippen LogP contribution >= 0.6 is 11.6 Å². The molecule has 0 aliphatic rings. The van der Waals surface area contributed by atoms with Crippen LogP contribution in [0.4, 0.5) is 0 Å². The largest absolute Gasteiger partial charge is 0.493 e. The van der Waals surface area contributed by atoms with Crippen LogP contribution in [-0.4, -0.2) is 40.5 Å². The van der Waals surface area contributed by atoms with Gasteiger partial charge in [0.2, 0.25) is 5.75 Å². The summed E-state index contributed by atoms with van der Waals surface area (Å²) in [6.45, 7) is 1.91. The van der Waals surface area contributed by atoms with Crippen molar-refractivity contribution in [2.75, 3.05) is 21.3 Å². The van der Waals surface area contributed by atoms with Crippen molar-refractivity contribution in [3.8, 4) is 34.1 Å². The third-order valence-corrected chi connectivity index (χ3v) is 5.96. The lowest BCUT2D eigenvalue weighted by atomic mass is 10.1. The number of pyridine rings is 1. The number of rotatable bonds is 5. The second-order valence-electron chi connectivity index (χ2n) is 7.64. The normalized spacial score (nSPS) is 11.2. The second kappa shape index (κ2) is 8.39. The number of halogens is 1. The lowest BCUT2D eigenvalue weighted by molar-refractivity contribution is 0.324. The van der Waals surface area contributed by atoms with Crippen LogP contribution in [0.2, 0.25) is 5.02 Å². The summed E-state index contributed by atoms with van der Waals surface area (Å²) in [5.74, 6) is 1.35. The van der Waals surface area contributed by atoms with E-state index >= 15 is 0 Å². The van der Waals surface area contributed by atoms with Gasteiger partial charge in [0.25, 0.3) is 5.56 Å². The van der Waals surface area contributed by atoms with E-state index in [1.807, 2.05) is 37.3 Å². The molecular weight excluding hydrogens is 456 g/mol. The number of aryl methyl sites for hydroxylation is 1. The van der Waals surface area contributed by atoms with Gasteiger partial charge >= 0.3 is 0 Å². The first-order valence-corrected chi connectivity index (χ1v) is 10.8. The Balaban J connectivity index is 1.73. The highest BCUT2D eigenvalue weighted by molar-refractivity contribution is 6.30. The average Bonchev–Trinajstić information content (AvgIpc) is 3.19. The number of ether oxygens (including phenoxy) is 3. The van der Waals surface area contributed by atoms with Crippen molar-refractivity contribution >= 4 is 28.2 Å². The zero-order valence-electron chi connectivity index (χ0n) is 19.0. The fourth-order valence-corrected chi connectivity index (χ4v) is 4.36. The van der Waals surface area contributed by atoms with Crippen LogP contribution in [0.5, 0.6) is 17.2 Å². The zero-order chi connectivity index (χ0) is 24.0. The minimum Gasteiger partial charge on any atom is -0.493 e. The van der Waals surface area contributed by atoms with Gasteiger partial charge in [0, 0.05) is 35.1 Å². The standard InChI is InChI=1S/C25H21ClN4O4/c1-14-22(15-6-5-7-16(26)10-15)24-27-13-18-19(30(24)28-14)8-9-29(25(18)31)17-11-20(32-2)23(34-4)21(12-17)33-3/h5-13H,1-4H3. The third kappa shape index (κ3) is 3.34. The van der Waals surface area contributed by atoms with Gasteiger partial charge < -0.3 is 14.2 Å². The molecule has 3 heterocycles. The van der Waals surface area contributed by atoms with Gasteiger partial charge in [-0.2, -0.15) is 5.10 Å². The van der Waals surface area contributed by atoms with Crippen LogP contribution < -0.4 is 19.8 Å².